The smallest absolute Gasteiger partial charge is 0.231 e. The molecule has 0 aromatic heterocycles. The van der Waals surface area contributed by atoms with E-state index in [2.05, 4.69) is 138 Å². The van der Waals surface area contributed by atoms with E-state index in [0.29, 0.717) is 42.2 Å². The van der Waals surface area contributed by atoms with Crippen LogP contribution in [-0.4, -0.2) is 6.71 Å². The Morgan fingerprint density at radius 2 is 0.769 bits per heavy atom. The van der Waals surface area contributed by atoms with E-state index in [1.165, 1.54) is 38.9 Å². The molecule has 0 heterocycles. The summed E-state index contributed by atoms with van der Waals surface area (Å²) in [5, 5.41) is 0. The fourth-order valence-corrected chi connectivity index (χ4v) is 6.03. The maximum atomic E-state index is 2.54. The van der Waals surface area contributed by atoms with Crippen molar-refractivity contribution in [3.63, 3.8) is 0 Å². The summed E-state index contributed by atoms with van der Waals surface area (Å²) in [6.07, 6.45) is 1.03. The third kappa shape index (κ3) is 7.75. The van der Waals surface area contributed by atoms with Crippen LogP contribution in [0.2, 0.25) is 0 Å². The van der Waals surface area contributed by atoms with Crippen molar-refractivity contribution in [3.8, 4) is 0 Å². The average molecular weight is 516 g/mol. The normalized spacial score (nSPS) is 12.1. The van der Waals surface area contributed by atoms with Crippen molar-refractivity contribution >= 4 is 17.6 Å². The summed E-state index contributed by atoms with van der Waals surface area (Å²) in [4.78, 5) is 0. The maximum Gasteiger partial charge on any atom is 1.00 e. The average Bonchev–Trinajstić information content (AvgIpc) is 2.86. The van der Waals surface area contributed by atoms with Crippen LogP contribution in [0.4, 0.5) is 0 Å². The molecule has 0 aliphatic heterocycles. The quantitative estimate of drug-likeness (QED) is 0.260. The first-order valence-electron chi connectivity index (χ1n) is 15.2. The Morgan fingerprint density at radius 1 is 0.462 bits per heavy atom. The molecule has 0 amide bonds. The number of hydrogen-bond donors (Lipinski definition) is 0. The zero-order chi connectivity index (χ0) is 28.3. The van der Waals surface area contributed by atoms with Gasteiger partial charge in [0, 0.05) is 0 Å². The van der Waals surface area contributed by atoms with Crippen molar-refractivity contribution in [3.05, 3.63) is 93.5 Å². The first-order valence-corrected chi connectivity index (χ1v) is 15.2. The molecule has 3 aromatic carbocycles. The standard InChI is InChI=1S/C37H53B.Li/c1-23(2)30-18-32(25(5)6)36(33(19-30)26(7)8)38(22-29-16-14-13-15-17-29)37-34(27(9)10)20-31(24(3)4)21-35(37)28(11)12;/h13-21,23-28H,22H2,1-12H3;/q-1;+1. The van der Waals surface area contributed by atoms with E-state index in [1.54, 1.807) is 10.9 Å². The maximum absolute atomic E-state index is 2.54. The molecule has 3 rings (SSSR count). The molecule has 0 saturated carbocycles. The molecule has 0 atom stereocenters. The van der Waals surface area contributed by atoms with Gasteiger partial charge in [0.15, 0.2) is 0 Å². The van der Waals surface area contributed by atoms with Crippen molar-refractivity contribution < 1.29 is 18.9 Å². The Balaban J connectivity index is 0.00000533. The molecule has 205 valence electrons. The Morgan fingerprint density at radius 3 is 1.03 bits per heavy atom. The largest absolute Gasteiger partial charge is 1.00 e. The first kappa shape index (κ1) is 33.5. The Bertz CT molecular complexity index is 1070. The van der Waals surface area contributed by atoms with Gasteiger partial charge in [-0.05, 0) is 46.6 Å². The van der Waals surface area contributed by atoms with E-state index in [1.807, 2.05) is 0 Å². The van der Waals surface area contributed by atoms with Gasteiger partial charge < -0.3 is 0 Å². The molecule has 0 aliphatic carbocycles. The zero-order valence-electron chi connectivity index (χ0n) is 27.4. The predicted molar refractivity (Wildman–Crippen MR) is 173 cm³/mol. The minimum Gasteiger partial charge on any atom is -0.231 e. The van der Waals surface area contributed by atoms with Gasteiger partial charge in [-0.2, -0.15) is 6.32 Å². The number of rotatable bonds is 10. The van der Waals surface area contributed by atoms with E-state index in [4.69, 9.17) is 0 Å². The van der Waals surface area contributed by atoms with Gasteiger partial charge in [-0.25, -0.2) is 10.9 Å². The Kier molecular flexibility index (Phi) is 12.3. The topological polar surface area (TPSA) is 0 Å². The van der Waals surface area contributed by atoms with Crippen molar-refractivity contribution in [1.29, 1.82) is 0 Å². The van der Waals surface area contributed by atoms with Gasteiger partial charge in [0.1, 0.15) is 0 Å². The molecule has 39 heavy (non-hydrogen) atoms. The summed E-state index contributed by atoms with van der Waals surface area (Å²) in [6.45, 7) is 28.8. The van der Waals surface area contributed by atoms with E-state index < -0.39 is 0 Å². The minimum atomic E-state index is 0. The van der Waals surface area contributed by atoms with E-state index in [0.717, 1.165) is 6.32 Å². The Hall–Kier alpha value is -1.68. The second-order valence-corrected chi connectivity index (χ2v) is 13.4. The van der Waals surface area contributed by atoms with Crippen molar-refractivity contribution in [2.75, 3.05) is 0 Å². The molecule has 0 bridgehead atoms. The third-order valence-corrected chi connectivity index (χ3v) is 8.33. The first-order chi connectivity index (χ1) is 17.8. The van der Waals surface area contributed by atoms with Gasteiger partial charge in [0.2, 0.25) is 0 Å². The second kappa shape index (κ2) is 14.3. The van der Waals surface area contributed by atoms with Gasteiger partial charge in [-0.3, -0.25) is 0 Å². The third-order valence-electron chi connectivity index (χ3n) is 8.33. The van der Waals surface area contributed by atoms with Gasteiger partial charge in [-0.1, -0.05) is 172 Å². The predicted octanol–water partition coefficient (Wildman–Crippen LogP) is 6.82. The van der Waals surface area contributed by atoms with Gasteiger partial charge in [-0.15, -0.1) is 0 Å². The van der Waals surface area contributed by atoms with Crippen molar-refractivity contribution in [2.45, 2.75) is 125 Å². The molecule has 0 unspecified atom stereocenters. The summed E-state index contributed by atoms with van der Waals surface area (Å²) in [5.41, 5.74) is 13.7. The van der Waals surface area contributed by atoms with E-state index >= 15 is 0 Å². The van der Waals surface area contributed by atoms with Crippen LogP contribution in [0, 0.1) is 0 Å². The molecule has 3 aromatic rings. The number of hydrogen-bond acceptors (Lipinski definition) is 0. The fraction of sp³-hybridized carbons (Fsp3) is 0.514. The molecule has 2 heteroatoms. The minimum absolute atomic E-state index is 0. The summed E-state index contributed by atoms with van der Waals surface area (Å²) in [6, 6.07) is 21.4. The molecule has 0 aliphatic rings. The zero-order valence-corrected chi connectivity index (χ0v) is 27.4. The summed E-state index contributed by atoms with van der Waals surface area (Å²) >= 11 is 0. The SMILES string of the molecule is CC(C)c1cc(C(C)C)c([B-](Cc2ccccc2)c2c(C(C)C)cc(C(C)C)cc2C(C)C)c(C(C)C)c1.[Li+]. The van der Waals surface area contributed by atoms with Gasteiger partial charge in [0.05, 0.1) is 0 Å². The second-order valence-electron chi connectivity index (χ2n) is 13.4. The van der Waals surface area contributed by atoms with Gasteiger partial charge in [0.25, 0.3) is 0 Å². The van der Waals surface area contributed by atoms with Crippen molar-refractivity contribution in [1.82, 2.24) is 0 Å². The molecular weight excluding hydrogens is 462 g/mol. The molecule has 1 radical (unpaired) electrons. The molecule has 0 spiro atoms. The molecule has 0 nitrogen and oxygen atoms in total. The summed E-state index contributed by atoms with van der Waals surface area (Å²) in [7, 11) is 0. The summed E-state index contributed by atoms with van der Waals surface area (Å²) in [5.74, 6) is 2.93. The van der Waals surface area contributed by atoms with Gasteiger partial charge >= 0.3 is 18.9 Å². The van der Waals surface area contributed by atoms with Crippen LogP contribution in [0.3, 0.4) is 0 Å². The van der Waals surface area contributed by atoms with E-state index in [-0.39, 0.29) is 18.9 Å². The fourth-order valence-electron chi connectivity index (χ4n) is 6.03. The van der Waals surface area contributed by atoms with Crippen LogP contribution in [-0.2, 0) is 6.32 Å². The molecule has 0 saturated heterocycles. The van der Waals surface area contributed by atoms with E-state index in [9.17, 15) is 0 Å². The molecule has 0 N–H and O–H groups in total. The Labute approximate surface area is 254 Å². The van der Waals surface area contributed by atoms with Crippen molar-refractivity contribution in [2.24, 2.45) is 0 Å². The monoisotopic (exact) mass is 515 g/mol. The van der Waals surface area contributed by atoms with Crippen LogP contribution >= 0.6 is 0 Å². The van der Waals surface area contributed by atoms with Crippen LogP contribution in [0.1, 0.15) is 158 Å². The molecule has 0 fully saturated rings. The molecular formula is C37H53BLi. The van der Waals surface area contributed by atoms with Crippen LogP contribution in [0.15, 0.2) is 54.6 Å². The van der Waals surface area contributed by atoms with Crippen LogP contribution in [0.5, 0.6) is 0 Å². The summed E-state index contributed by atoms with van der Waals surface area (Å²) < 4.78 is 0. The van der Waals surface area contributed by atoms with Crippen LogP contribution < -0.4 is 29.8 Å². The number of benzene rings is 3. The van der Waals surface area contributed by atoms with Crippen LogP contribution in [0.25, 0.3) is 0 Å².